The van der Waals surface area contributed by atoms with Gasteiger partial charge in [-0.3, -0.25) is 0 Å². The SMILES string of the molecule is Cc1sc(-c2cccs2)nc1CCN. The van der Waals surface area contributed by atoms with Crippen molar-refractivity contribution in [1.29, 1.82) is 0 Å². The summed E-state index contributed by atoms with van der Waals surface area (Å²) in [6.45, 7) is 2.79. The molecule has 14 heavy (non-hydrogen) atoms. The first-order valence-electron chi connectivity index (χ1n) is 4.51. The molecule has 0 aliphatic heterocycles. The number of nitrogens with zero attached hydrogens (tertiary/aromatic N) is 1. The third kappa shape index (κ3) is 1.87. The molecule has 0 unspecified atom stereocenters. The smallest absolute Gasteiger partial charge is 0.133 e. The van der Waals surface area contributed by atoms with E-state index in [-0.39, 0.29) is 0 Å². The zero-order chi connectivity index (χ0) is 9.97. The zero-order valence-corrected chi connectivity index (χ0v) is 9.62. The number of thiophene rings is 1. The molecule has 0 saturated carbocycles. The Morgan fingerprint density at radius 2 is 2.36 bits per heavy atom. The van der Waals surface area contributed by atoms with Gasteiger partial charge in [-0.25, -0.2) is 4.98 Å². The summed E-state index contributed by atoms with van der Waals surface area (Å²) >= 11 is 3.49. The molecule has 2 aromatic rings. The van der Waals surface area contributed by atoms with Crippen LogP contribution in [0.5, 0.6) is 0 Å². The molecule has 4 heteroatoms. The number of rotatable bonds is 3. The van der Waals surface area contributed by atoms with E-state index < -0.39 is 0 Å². The monoisotopic (exact) mass is 224 g/mol. The first-order valence-corrected chi connectivity index (χ1v) is 6.21. The summed E-state index contributed by atoms with van der Waals surface area (Å²) in [7, 11) is 0. The van der Waals surface area contributed by atoms with Crippen LogP contribution in [0.1, 0.15) is 10.6 Å². The van der Waals surface area contributed by atoms with Crippen molar-refractivity contribution in [3.8, 4) is 9.88 Å². The molecule has 0 aliphatic carbocycles. The van der Waals surface area contributed by atoms with E-state index in [1.165, 1.54) is 9.75 Å². The minimum Gasteiger partial charge on any atom is -0.330 e. The van der Waals surface area contributed by atoms with Gasteiger partial charge in [-0.2, -0.15) is 0 Å². The van der Waals surface area contributed by atoms with Crippen molar-refractivity contribution in [3.05, 3.63) is 28.1 Å². The molecule has 0 bridgehead atoms. The molecule has 0 atom stereocenters. The number of aromatic nitrogens is 1. The standard InChI is InChI=1S/C10H12N2S2/c1-7-8(4-5-11)12-10(14-7)9-3-2-6-13-9/h2-3,6H,4-5,11H2,1H3. The van der Waals surface area contributed by atoms with Gasteiger partial charge in [0.2, 0.25) is 0 Å². The average Bonchev–Trinajstić information content (AvgIpc) is 2.76. The molecule has 0 spiro atoms. The van der Waals surface area contributed by atoms with E-state index in [1.807, 2.05) is 0 Å². The van der Waals surface area contributed by atoms with E-state index in [2.05, 4.69) is 29.4 Å². The molecule has 2 aromatic heterocycles. The lowest BCUT2D eigenvalue weighted by Gasteiger charge is -1.91. The molecule has 0 radical (unpaired) electrons. The van der Waals surface area contributed by atoms with E-state index in [9.17, 15) is 0 Å². The van der Waals surface area contributed by atoms with Gasteiger partial charge >= 0.3 is 0 Å². The molecule has 0 fully saturated rings. The number of nitrogens with two attached hydrogens (primary N) is 1. The summed E-state index contributed by atoms with van der Waals surface area (Å²) in [4.78, 5) is 7.13. The highest BCUT2D eigenvalue weighted by molar-refractivity contribution is 7.21. The maximum atomic E-state index is 5.52. The van der Waals surface area contributed by atoms with Gasteiger partial charge in [-0.15, -0.1) is 22.7 Å². The van der Waals surface area contributed by atoms with E-state index in [4.69, 9.17) is 5.73 Å². The highest BCUT2D eigenvalue weighted by Gasteiger charge is 2.08. The second kappa shape index (κ2) is 4.21. The van der Waals surface area contributed by atoms with Gasteiger partial charge in [0.05, 0.1) is 10.6 Å². The number of aryl methyl sites for hydroxylation is 1. The molecule has 2 N–H and O–H groups in total. The predicted molar refractivity (Wildman–Crippen MR) is 62.9 cm³/mol. The number of hydrogen-bond acceptors (Lipinski definition) is 4. The van der Waals surface area contributed by atoms with Crippen LogP contribution in [-0.4, -0.2) is 11.5 Å². The van der Waals surface area contributed by atoms with Crippen LogP contribution in [0.4, 0.5) is 0 Å². The summed E-state index contributed by atoms with van der Waals surface area (Å²) in [5.74, 6) is 0. The Morgan fingerprint density at radius 3 is 3.00 bits per heavy atom. The lowest BCUT2D eigenvalue weighted by Crippen LogP contribution is -2.03. The summed E-state index contributed by atoms with van der Waals surface area (Å²) in [5, 5.41) is 3.20. The third-order valence-electron chi connectivity index (χ3n) is 2.01. The van der Waals surface area contributed by atoms with Crippen LogP contribution < -0.4 is 5.73 Å². The lowest BCUT2D eigenvalue weighted by molar-refractivity contribution is 0.927. The summed E-state index contributed by atoms with van der Waals surface area (Å²) in [6, 6.07) is 4.16. The largest absolute Gasteiger partial charge is 0.330 e. The van der Waals surface area contributed by atoms with Gasteiger partial charge in [0.25, 0.3) is 0 Å². The first-order chi connectivity index (χ1) is 6.81. The maximum absolute atomic E-state index is 5.52. The van der Waals surface area contributed by atoms with E-state index in [0.717, 1.165) is 17.1 Å². The Kier molecular flexibility index (Phi) is 2.96. The molecule has 2 nitrogen and oxygen atoms in total. The highest BCUT2D eigenvalue weighted by Crippen LogP contribution is 2.30. The summed E-state index contributed by atoms with van der Waals surface area (Å²) in [6.07, 6.45) is 0.883. The van der Waals surface area contributed by atoms with Crippen molar-refractivity contribution in [2.75, 3.05) is 6.54 Å². The molecule has 0 aromatic carbocycles. The van der Waals surface area contributed by atoms with Crippen LogP contribution in [0, 0.1) is 6.92 Å². The Balaban J connectivity index is 2.33. The van der Waals surface area contributed by atoms with Crippen molar-refractivity contribution in [2.45, 2.75) is 13.3 Å². The van der Waals surface area contributed by atoms with Crippen LogP contribution in [0.15, 0.2) is 17.5 Å². The van der Waals surface area contributed by atoms with E-state index in [1.54, 1.807) is 22.7 Å². The molecule has 0 aliphatic rings. The van der Waals surface area contributed by atoms with Gasteiger partial charge in [0, 0.05) is 11.3 Å². The molecule has 0 amide bonds. The predicted octanol–water partition coefficient (Wildman–Crippen LogP) is 2.68. The minimum absolute atomic E-state index is 0.675. The van der Waals surface area contributed by atoms with Crippen LogP contribution in [0.2, 0.25) is 0 Å². The maximum Gasteiger partial charge on any atom is 0.133 e. The Hall–Kier alpha value is -0.710. The van der Waals surface area contributed by atoms with Gasteiger partial charge in [-0.1, -0.05) is 6.07 Å². The van der Waals surface area contributed by atoms with Crippen molar-refractivity contribution in [1.82, 2.24) is 4.98 Å². The summed E-state index contributed by atoms with van der Waals surface area (Å²) < 4.78 is 0. The first kappa shape index (κ1) is 9.83. The van der Waals surface area contributed by atoms with Gasteiger partial charge in [0.15, 0.2) is 0 Å². The van der Waals surface area contributed by atoms with Crippen LogP contribution in [0.25, 0.3) is 9.88 Å². The number of hydrogen-bond donors (Lipinski definition) is 1. The second-order valence-corrected chi connectivity index (χ2v) is 5.19. The van der Waals surface area contributed by atoms with Crippen LogP contribution in [-0.2, 0) is 6.42 Å². The third-order valence-corrected chi connectivity index (χ3v) is 4.06. The number of thiazole rings is 1. The molecular weight excluding hydrogens is 212 g/mol. The van der Waals surface area contributed by atoms with Crippen LogP contribution >= 0.6 is 22.7 Å². The Morgan fingerprint density at radius 1 is 1.50 bits per heavy atom. The van der Waals surface area contributed by atoms with Crippen molar-refractivity contribution >= 4 is 22.7 Å². The van der Waals surface area contributed by atoms with E-state index in [0.29, 0.717) is 6.54 Å². The zero-order valence-electron chi connectivity index (χ0n) is 7.99. The van der Waals surface area contributed by atoms with Gasteiger partial charge in [0.1, 0.15) is 5.01 Å². The fourth-order valence-electron chi connectivity index (χ4n) is 1.30. The molecule has 2 heterocycles. The minimum atomic E-state index is 0.675. The lowest BCUT2D eigenvalue weighted by atomic mass is 10.3. The molecule has 0 saturated heterocycles. The van der Waals surface area contributed by atoms with Gasteiger partial charge < -0.3 is 5.73 Å². The Labute approximate surface area is 91.4 Å². The second-order valence-electron chi connectivity index (χ2n) is 3.04. The fourth-order valence-corrected chi connectivity index (χ4v) is 3.06. The van der Waals surface area contributed by atoms with Crippen molar-refractivity contribution in [2.24, 2.45) is 5.73 Å². The normalized spacial score (nSPS) is 10.7. The quantitative estimate of drug-likeness (QED) is 0.870. The topological polar surface area (TPSA) is 38.9 Å². The van der Waals surface area contributed by atoms with E-state index >= 15 is 0 Å². The fraction of sp³-hybridized carbons (Fsp3) is 0.300. The van der Waals surface area contributed by atoms with Gasteiger partial charge in [-0.05, 0) is 24.9 Å². The highest BCUT2D eigenvalue weighted by atomic mass is 32.1. The molecule has 74 valence electrons. The average molecular weight is 224 g/mol. The van der Waals surface area contributed by atoms with Crippen molar-refractivity contribution < 1.29 is 0 Å². The van der Waals surface area contributed by atoms with Crippen molar-refractivity contribution in [3.63, 3.8) is 0 Å². The summed E-state index contributed by atoms with van der Waals surface area (Å²) in [5.41, 5.74) is 6.68. The molecule has 2 rings (SSSR count). The van der Waals surface area contributed by atoms with Crippen LogP contribution in [0.3, 0.4) is 0 Å². The Bertz CT molecular complexity index is 404. The molecular formula is C10H12N2S2.